The molecule has 2 N–H and O–H groups in total. The monoisotopic (exact) mass is 308 g/mol. The molecule has 2 aliphatic rings. The van der Waals surface area contributed by atoms with Gasteiger partial charge in [0.2, 0.25) is 5.91 Å². The van der Waals surface area contributed by atoms with Crippen molar-refractivity contribution < 1.29 is 4.79 Å². The maximum absolute atomic E-state index is 12.0. The van der Waals surface area contributed by atoms with Crippen LogP contribution in [0.4, 0.5) is 0 Å². The third kappa shape index (κ3) is 3.37. The number of likely N-dealkylation sites (N-methyl/N-ethyl adjacent to an activating group) is 1. The molecule has 5 nitrogen and oxygen atoms in total. The van der Waals surface area contributed by atoms with Gasteiger partial charge in [0.1, 0.15) is 6.29 Å². The lowest BCUT2D eigenvalue weighted by atomic mass is 10.0. The van der Waals surface area contributed by atoms with Crippen molar-refractivity contribution in [3.05, 3.63) is 34.9 Å². The largest absolute Gasteiger partial charge is 0.328 e. The average Bonchev–Trinajstić information content (AvgIpc) is 2.48. The lowest BCUT2D eigenvalue weighted by molar-refractivity contribution is -0.127. The third-order valence-electron chi connectivity index (χ3n) is 4.23. The lowest BCUT2D eigenvalue weighted by Crippen LogP contribution is -2.64. The number of carbonyl (C=O) groups is 1. The fourth-order valence-corrected chi connectivity index (χ4v) is 3.19. The van der Waals surface area contributed by atoms with Crippen LogP contribution in [0.5, 0.6) is 0 Å². The minimum atomic E-state index is -0.110. The van der Waals surface area contributed by atoms with Crippen LogP contribution in [-0.2, 0) is 4.79 Å². The molecular weight excluding hydrogens is 288 g/mol. The normalized spacial score (nSPS) is 28.4. The van der Waals surface area contributed by atoms with Gasteiger partial charge < -0.3 is 10.2 Å². The van der Waals surface area contributed by atoms with E-state index in [4.69, 9.17) is 11.6 Å². The maximum atomic E-state index is 12.0. The van der Waals surface area contributed by atoms with Gasteiger partial charge in [-0.25, -0.2) is 0 Å². The van der Waals surface area contributed by atoms with Crippen molar-refractivity contribution in [1.82, 2.24) is 20.4 Å². The molecule has 114 valence electrons. The summed E-state index contributed by atoms with van der Waals surface area (Å²) in [6.45, 7) is 3.93. The van der Waals surface area contributed by atoms with Crippen LogP contribution in [0.2, 0.25) is 5.02 Å². The Morgan fingerprint density at radius 3 is 2.62 bits per heavy atom. The number of halogens is 1. The van der Waals surface area contributed by atoms with Gasteiger partial charge in [0.25, 0.3) is 0 Å². The van der Waals surface area contributed by atoms with Crippen LogP contribution < -0.4 is 10.6 Å². The zero-order valence-corrected chi connectivity index (χ0v) is 12.9. The Kier molecular flexibility index (Phi) is 4.45. The first-order valence-corrected chi connectivity index (χ1v) is 7.74. The van der Waals surface area contributed by atoms with Crippen molar-refractivity contribution in [2.45, 2.75) is 18.8 Å². The van der Waals surface area contributed by atoms with Crippen molar-refractivity contribution >= 4 is 17.5 Å². The first kappa shape index (κ1) is 14.8. The predicted octanol–water partition coefficient (Wildman–Crippen LogP) is 1.02. The molecule has 0 aromatic heterocycles. The summed E-state index contributed by atoms with van der Waals surface area (Å²) in [4.78, 5) is 16.6. The van der Waals surface area contributed by atoms with E-state index in [1.807, 2.05) is 24.3 Å². The number of rotatable bonds is 2. The van der Waals surface area contributed by atoms with Gasteiger partial charge >= 0.3 is 0 Å². The van der Waals surface area contributed by atoms with E-state index < -0.39 is 0 Å². The van der Waals surface area contributed by atoms with Crippen LogP contribution >= 0.6 is 11.6 Å². The Bertz CT molecular complexity index is 516. The third-order valence-corrected chi connectivity index (χ3v) is 4.57. The molecule has 6 heteroatoms. The van der Waals surface area contributed by atoms with Gasteiger partial charge in [0, 0.05) is 43.7 Å². The van der Waals surface area contributed by atoms with Gasteiger partial charge in [0.05, 0.1) is 0 Å². The number of hydrogen-bond acceptors (Lipinski definition) is 4. The van der Waals surface area contributed by atoms with Gasteiger partial charge in [-0.1, -0.05) is 29.8 Å². The number of carbonyl (C=O) groups excluding carboxylic acids is 1. The summed E-state index contributed by atoms with van der Waals surface area (Å²) < 4.78 is 0. The molecule has 2 saturated heterocycles. The summed E-state index contributed by atoms with van der Waals surface area (Å²) in [6.07, 6.45) is 0.315. The van der Waals surface area contributed by atoms with E-state index in [9.17, 15) is 4.79 Å². The zero-order valence-electron chi connectivity index (χ0n) is 12.2. The van der Waals surface area contributed by atoms with E-state index in [0.29, 0.717) is 11.4 Å². The fourth-order valence-electron chi connectivity index (χ4n) is 2.92. The van der Waals surface area contributed by atoms with Crippen LogP contribution in [0, 0.1) is 0 Å². The van der Waals surface area contributed by atoms with E-state index in [1.54, 1.807) is 0 Å². The molecule has 0 saturated carbocycles. The van der Waals surface area contributed by atoms with Crippen LogP contribution in [0.1, 0.15) is 18.0 Å². The molecule has 1 aromatic carbocycles. The summed E-state index contributed by atoms with van der Waals surface area (Å²) in [5.74, 6) is 0.0718. The van der Waals surface area contributed by atoms with Crippen molar-refractivity contribution in [1.29, 1.82) is 0 Å². The molecule has 2 atom stereocenters. The highest BCUT2D eigenvalue weighted by molar-refractivity contribution is 6.31. The first-order chi connectivity index (χ1) is 10.1. The van der Waals surface area contributed by atoms with Gasteiger partial charge in [-0.15, -0.1) is 0 Å². The second-order valence-corrected chi connectivity index (χ2v) is 6.16. The predicted molar refractivity (Wildman–Crippen MR) is 82.9 cm³/mol. The number of nitrogens with zero attached hydrogens (tertiary/aromatic N) is 2. The summed E-state index contributed by atoms with van der Waals surface area (Å²) in [6, 6.07) is 7.69. The Morgan fingerprint density at radius 2 is 1.90 bits per heavy atom. The van der Waals surface area contributed by atoms with E-state index in [2.05, 4.69) is 27.5 Å². The summed E-state index contributed by atoms with van der Waals surface area (Å²) in [7, 11) is 2.12. The Labute approximate surface area is 130 Å². The molecule has 0 radical (unpaired) electrons. The van der Waals surface area contributed by atoms with Crippen LogP contribution in [0.25, 0.3) is 0 Å². The summed E-state index contributed by atoms with van der Waals surface area (Å²) in [5, 5.41) is 7.26. The van der Waals surface area contributed by atoms with Gasteiger partial charge in [-0.05, 0) is 18.7 Å². The number of benzene rings is 1. The molecule has 0 spiro atoms. The maximum Gasteiger partial charge on any atom is 0.224 e. The zero-order chi connectivity index (χ0) is 14.8. The molecule has 1 aromatic rings. The molecule has 2 aliphatic heterocycles. The van der Waals surface area contributed by atoms with Gasteiger partial charge in [0.15, 0.2) is 0 Å². The highest BCUT2D eigenvalue weighted by Crippen LogP contribution is 2.27. The Morgan fingerprint density at radius 1 is 1.19 bits per heavy atom. The van der Waals surface area contributed by atoms with Crippen LogP contribution in [0.3, 0.4) is 0 Å². The SMILES string of the molecule is CN1CCN(C2NC(=O)CC(c3ccccc3Cl)N2)CC1. The lowest BCUT2D eigenvalue weighted by Gasteiger charge is -2.42. The van der Waals surface area contributed by atoms with E-state index in [-0.39, 0.29) is 18.2 Å². The van der Waals surface area contributed by atoms with Gasteiger partial charge in [-0.2, -0.15) is 0 Å². The minimum absolute atomic E-state index is 0.0305. The number of nitrogens with one attached hydrogen (secondary N) is 2. The van der Waals surface area contributed by atoms with Crippen LogP contribution in [-0.4, -0.2) is 55.2 Å². The Balaban J connectivity index is 1.73. The molecule has 21 heavy (non-hydrogen) atoms. The molecule has 1 amide bonds. The molecule has 2 heterocycles. The van der Waals surface area contributed by atoms with Crippen molar-refractivity contribution in [2.75, 3.05) is 33.2 Å². The minimum Gasteiger partial charge on any atom is -0.328 e. The highest BCUT2D eigenvalue weighted by Gasteiger charge is 2.32. The standard InChI is InChI=1S/C15H21ClN4O/c1-19-6-8-20(9-7-19)15-17-13(10-14(21)18-15)11-4-2-3-5-12(11)16/h2-5,13,15,17H,6-10H2,1H3,(H,18,21). The second kappa shape index (κ2) is 6.32. The van der Waals surface area contributed by atoms with Crippen molar-refractivity contribution in [3.8, 4) is 0 Å². The molecular formula is C15H21ClN4O. The molecule has 0 bridgehead atoms. The molecule has 2 fully saturated rings. The average molecular weight is 309 g/mol. The Hall–Kier alpha value is -1.14. The van der Waals surface area contributed by atoms with Crippen molar-refractivity contribution in [3.63, 3.8) is 0 Å². The first-order valence-electron chi connectivity index (χ1n) is 7.36. The quantitative estimate of drug-likeness (QED) is 0.856. The van der Waals surface area contributed by atoms with Crippen molar-refractivity contribution in [2.24, 2.45) is 0 Å². The van der Waals surface area contributed by atoms with E-state index >= 15 is 0 Å². The number of amides is 1. The van der Waals surface area contributed by atoms with Gasteiger partial charge in [-0.3, -0.25) is 15.0 Å². The van der Waals surface area contributed by atoms with Crippen LogP contribution in [0.15, 0.2) is 24.3 Å². The fraction of sp³-hybridized carbons (Fsp3) is 0.533. The second-order valence-electron chi connectivity index (χ2n) is 5.75. The topological polar surface area (TPSA) is 47.6 Å². The van der Waals surface area contributed by atoms with E-state index in [0.717, 1.165) is 31.7 Å². The molecule has 0 aliphatic carbocycles. The summed E-state index contributed by atoms with van der Waals surface area (Å²) >= 11 is 6.27. The highest BCUT2D eigenvalue weighted by atomic mass is 35.5. The smallest absolute Gasteiger partial charge is 0.224 e. The number of piperazine rings is 1. The summed E-state index contributed by atoms with van der Waals surface area (Å²) in [5.41, 5.74) is 0.994. The van der Waals surface area contributed by atoms with E-state index in [1.165, 1.54) is 0 Å². The number of hydrogen-bond donors (Lipinski definition) is 2. The molecule has 2 unspecified atom stereocenters. The molecule has 3 rings (SSSR count).